The number of thioether (sulfide) groups is 1. The van der Waals surface area contributed by atoms with E-state index < -0.39 is 5.25 Å². The lowest BCUT2D eigenvalue weighted by molar-refractivity contribution is -0.129. The van der Waals surface area contributed by atoms with Gasteiger partial charge in [-0.05, 0) is 60.9 Å². The topological polar surface area (TPSA) is 61.8 Å². The van der Waals surface area contributed by atoms with E-state index in [4.69, 9.17) is 34.8 Å². The molecule has 4 rings (SSSR count). The van der Waals surface area contributed by atoms with Crippen LogP contribution in [0.15, 0.2) is 77.8 Å². The van der Waals surface area contributed by atoms with Crippen LogP contribution in [0.3, 0.4) is 0 Å². The molecule has 0 radical (unpaired) electrons. The van der Waals surface area contributed by atoms with Gasteiger partial charge in [0.2, 0.25) is 11.8 Å². The summed E-state index contributed by atoms with van der Waals surface area (Å²) in [6.07, 6.45) is 1.67. The predicted molar refractivity (Wildman–Crippen MR) is 146 cm³/mol. The molecule has 1 heterocycles. The number of carbonyl (C=O) groups is 2. The number of aryl methyl sites for hydroxylation is 1. The molecule has 1 aliphatic rings. The third-order valence-electron chi connectivity index (χ3n) is 5.30. The second kappa shape index (κ2) is 12.0. The first-order valence-electron chi connectivity index (χ1n) is 11.0. The number of hydrogen-bond acceptors (Lipinski definition) is 4. The molecule has 0 bridgehead atoms. The maximum atomic E-state index is 13.2. The highest BCUT2D eigenvalue weighted by Gasteiger charge is 2.35. The summed E-state index contributed by atoms with van der Waals surface area (Å²) in [5, 5.41) is 4.08. The van der Waals surface area contributed by atoms with Crippen molar-refractivity contribution in [1.29, 1.82) is 0 Å². The van der Waals surface area contributed by atoms with Crippen molar-refractivity contribution in [2.24, 2.45) is 4.99 Å². The first-order chi connectivity index (χ1) is 16.9. The van der Waals surface area contributed by atoms with Gasteiger partial charge >= 0.3 is 0 Å². The SMILES string of the molecule is O=C(Nc1cc(Cl)cc(Cl)c1)C1CC(=O)N(CCCc2ccccc2)C(=Nc2ccc(Cl)cc2)S1. The van der Waals surface area contributed by atoms with E-state index >= 15 is 0 Å². The summed E-state index contributed by atoms with van der Waals surface area (Å²) < 4.78 is 0. The van der Waals surface area contributed by atoms with Crippen LogP contribution >= 0.6 is 46.6 Å². The Morgan fingerprint density at radius 3 is 2.34 bits per heavy atom. The van der Waals surface area contributed by atoms with Crippen LogP contribution in [0, 0.1) is 0 Å². The second-order valence-corrected chi connectivity index (χ2v) is 10.4. The molecule has 3 aromatic carbocycles. The van der Waals surface area contributed by atoms with Crippen LogP contribution in [0.4, 0.5) is 11.4 Å². The summed E-state index contributed by atoms with van der Waals surface area (Å²) in [4.78, 5) is 32.5. The average molecular weight is 547 g/mol. The molecule has 0 aliphatic carbocycles. The Bertz CT molecular complexity index is 1220. The van der Waals surface area contributed by atoms with Gasteiger partial charge in [0.05, 0.1) is 5.69 Å². The molecule has 0 aromatic heterocycles. The maximum Gasteiger partial charge on any atom is 0.238 e. The van der Waals surface area contributed by atoms with Gasteiger partial charge < -0.3 is 5.32 Å². The van der Waals surface area contributed by atoms with E-state index in [1.807, 2.05) is 18.2 Å². The molecular formula is C26H22Cl3N3O2S. The Morgan fingerprint density at radius 2 is 1.66 bits per heavy atom. The normalized spacial score (nSPS) is 17.0. The molecule has 1 atom stereocenters. The molecule has 2 amide bonds. The largest absolute Gasteiger partial charge is 0.325 e. The molecule has 0 saturated carbocycles. The van der Waals surface area contributed by atoms with Crippen LogP contribution < -0.4 is 5.32 Å². The van der Waals surface area contributed by atoms with E-state index in [0.717, 1.165) is 12.8 Å². The van der Waals surface area contributed by atoms with Crippen molar-refractivity contribution in [3.63, 3.8) is 0 Å². The second-order valence-electron chi connectivity index (χ2n) is 7.96. The Hall–Kier alpha value is -2.51. The van der Waals surface area contributed by atoms with Gasteiger partial charge in [-0.1, -0.05) is 76.9 Å². The zero-order chi connectivity index (χ0) is 24.8. The van der Waals surface area contributed by atoms with Crippen LogP contribution in [-0.2, 0) is 16.0 Å². The zero-order valence-electron chi connectivity index (χ0n) is 18.6. The Balaban J connectivity index is 1.51. The lowest BCUT2D eigenvalue weighted by Gasteiger charge is -2.32. The Morgan fingerprint density at radius 1 is 0.971 bits per heavy atom. The standard InChI is InChI=1S/C26H22Cl3N3O2S/c27-18-8-10-21(11-9-18)31-26-32(12-4-7-17-5-2-1-3-6-17)24(33)16-23(35-26)25(34)30-22-14-19(28)13-20(29)15-22/h1-3,5-6,8-11,13-15,23H,4,7,12,16H2,(H,30,34). The van der Waals surface area contributed by atoms with Gasteiger partial charge in [0.1, 0.15) is 5.25 Å². The molecule has 1 saturated heterocycles. The van der Waals surface area contributed by atoms with Crippen molar-refractivity contribution in [2.45, 2.75) is 24.5 Å². The van der Waals surface area contributed by atoms with Gasteiger partial charge in [-0.25, -0.2) is 4.99 Å². The number of carbonyl (C=O) groups excluding carboxylic acids is 2. The number of rotatable bonds is 7. The van der Waals surface area contributed by atoms with E-state index in [9.17, 15) is 9.59 Å². The number of amidine groups is 1. The monoisotopic (exact) mass is 545 g/mol. The van der Waals surface area contributed by atoms with Gasteiger partial charge in [-0.15, -0.1) is 0 Å². The predicted octanol–water partition coefficient (Wildman–Crippen LogP) is 7.24. The summed E-state index contributed by atoms with van der Waals surface area (Å²) >= 11 is 19.4. The number of nitrogens with one attached hydrogen (secondary N) is 1. The van der Waals surface area contributed by atoms with Gasteiger partial charge in [0, 0.05) is 33.7 Å². The van der Waals surface area contributed by atoms with Gasteiger partial charge in [0.25, 0.3) is 0 Å². The number of aliphatic imine (C=N–C) groups is 1. The fraction of sp³-hybridized carbons (Fsp3) is 0.192. The summed E-state index contributed by atoms with van der Waals surface area (Å²) in [6, 6.07) is 22.0. The minimum Gasteiger partial charge on any atom is -0.325 e. The van der Waals surface area contributed by atoms with Gasteiger partial charge in [-0.2, -0.15) is 0 Å². The molecular weight excluding hydrogens is 525 g/mol. The zero-order valence-corrected chi connectivity index (χ0v) is 21.7. The van der Waals surface area contributed by atoms with Gasteiger partial charge in [0.15, 0.2) is 5.17 Å². The maximum absolute atomic E-state index is 13.2. The summed E-state index contributed by atoms with van der Waals surface area (Å²) in [6.45, 7) is 0.505. The van der Waals surface area contributed by atoms with Crippen molar-refractivity contribution in [2.75, 3.05) is 11.9 Å². The fourth-order valence-corrected chi connectivity index (χ4v) is 5.40. The summed E-state index contributed by atoms with van der Waals surface area (Å²) in [5.74, 6) is -0.455. The minimum atomic E-state index is -0.642. The number of hydrogen-bond donors (Lipinski definition) is 1. The lowest BCUT2D eigenvalue weighted by Crippen LogP contribution is -2.45. The molecule has 35 heavy (non-hydrogen) atoms. The highest BCUT2D eigenvalue weighted by Crippen LogP contribution is 2.31. The fourth-order valence-electron chi connectivity index (χ4n) is 3.62. The lowest BCUT2D eigenvalue weighted by atomic mass is 10.1. The van der Waals surface area contributed by atoms with Crippen LogP contribution in [-0.4, -0.2) is 33.7 Å². The highest BCUT2D eigenvalue weighted by molar-refractivity contribution is 8.15. The first kappa shape index (κ1) is 25.6. The van der Waals surface area contributed by atoms with E-state index in [0.29, 0.717) is 38.2 Å². The summed E-state index contributed by atoms with van der Waals surface area (Å²) in [7, 11) is 0. The van der Waals surface area contributed by atoms with E-state index in [2.05, 4.69) is 22.4 Å². The molecule has 1 fully saturated rings. The van der Waals surface area contributed by atoms with E-state index in [-0.39, 0.29) is 18.2 Å². The van der Waals surface area contributed by atoms with Crippen molar-refractivity contribution >= 4 is 74.9 Å². The number of benzene rings is 3. The number of halogens is 3. The quantitative estimate of drug-likeness (QED) is 0.340. The van der Waals surface area contributed by atoms with Gasteiger partial charge in [-0.3, -0.25) is 14.5 Å². The number of amides is 2. The molecule has 0 spiro atoms. The third kappa shape index (κ3) is 7.24. The summed E-state index contributed by atoms with van der Waals surface area (Å²) in [5.41, 5.74) is 2.33. The van der Waals surface area contributed by atoms with Crippen LogP contribution in [0.2, 0.25) is 15.1 Å². The molecule has 3 aromatic rings. The molecule has 9 heteroatoms. The molecule has 1 aliphatic heterocycles. The molecule has 1 unspecified atom stereocenters. The van der Waals surface area contributed by atoms with E-state index in [1.54, 1.807) is 47.4 Å². The molecule has 1 N–H and O–H groups in total. The van der Waals surface area contributed by atoms with Crippen LogP contribution in [0.5, 0.6) is 0 Å². The average Bonchev–Trinajstić information content (AvgIpc) is 2.82. The van der Waals surface area contributed by atoms with Crippen LogP contribution in [0.25, 0.3) is 0 Å². The third-order valence-corrected chi connectivity index (χ3v) is 7.18. The van der Waals surface area contributed by atoms with Crippen molar-refractivity contribution in [3.05, 3.63) is 93.4 Å². The smallest absolute Gasteiger partial charge is 0.238 e. The number of anilines is 1. The molecule has 180 valence electrons. The Kier molecular flexibility index (Phi) is 8.74. The van der Waals surface area contributed by atoms with Crippen molar-refractivity contribution in [1.82, 2.24) is 4.90 Å². The van der Waals surface area contributed by atoms with Crippen molar-refractivity contribution < 1.29 is 9.59 Å². The van der Waals surface area contributed by atoms with E-state index in [1.165, 1.54) is 17.3 Å². The number of nitrogens with zero attached hydrogens (tertiary/aromatic N) is 2. The molecule has 5 nitrogen and oxygen atoms in total. The van der Waals surface area contributed by atoms with Crippen LogP contribution in [0.1, 0.15) is 18.4 Å². The Labute approximate surface area is 223 Å². The highest BCUT2D eigenvalue weighted by atomic mass is 35.5. The first-order valence-corrected chi connectivity index (χ1v) is 13.0. The van der Waals surface area contributed by atoms with Crippen molar-refractivity contribution in [3.8, 4) is 0 Å². The minimum absolute atomic E-state index is 0.0653.